The van der Waals surface area contributed by atoms with Crippen molar-refractivity contribution in [1.29, 1.82) is 0 Å². The van der Waals surface area contributed by atoms with Crippen LogP contribution in [0, 0.1) is 0 Å². The van der Waals surface area contributed by atoms with Crippen LogP contribution in [0.1, 0.15) is 24.1 Å². The summed E-state index contributed by atoms with van der Waals surface area (Å²) in [6.07, 6.45) is 0. The van der Waals surface area contributed by atoms with Gasteiger partial charge in [-0.25, -0.2) is 0 Å². The molecule has 6 nitrogen and oxygen atoms in total. The van der Waals surface area contributed by atoms with Gasteiger partial charge in [-0.15, -0.1) is 0 Å². The number of ether oxygens (including phenoxy) is 4. The molecule has 2 aromatic rings. The largest absolute Gasteiger partial charge is 0.493 e. The van der Waals surface area contributed by atoms with Gasteiger partial charge in [0.25, 0.3) is 0 Å². The number of hydrogen-bond acceptors (Lipinski definition) is 6. The zero-order chi connectivity index (χ0) is 19.9. The van der Waals surface area contributed by atoms with Crippen molar-refractivity contribution in [1.82, 2.24) is 10.2 Å². The molecule has 1 unspecified atom stereocenters. The van der Waals surface area contributed by atoms with Crippen molar-refractivity contribution >= 4 is 0 Å². The van der Waals surface area contributed by atoms with Crippen LogP contribution in [0.2, 0.25) is 0 Å². The van der Waals surface area contributed by atoms with Gasteiger partial charge in [-0.1, -0.05) is 18.2 Å². The van der Waals surface area contributed by atoms with Gasteiger partial charge in [0.1, 0.15) is 0 Å². The van der Waals surface area contributed by atoms with Crippen molar-refractivity contribution in [2.24, 2.45) is 0 Å². The first kappa shape index (κ1) is 20.3. The van der Waals surface area contributed by atoms with Crippen molar-refractivity contribution in [3.8, 4) is 23.0 Å². The average molecular weight is 386 g/mol. The molecule has 0 bridgehead atoms. The van der Waals surface area contributed by atoms with Gasteiger partial charge in [-0.2, -0.15) is 0 Å². The fraction of sp³-hybridized carbons (Fsp3) is 0.455. The number of benzene rings is 2. The molecule has 0 radical (unpaired) electrons. The maximum Gasteiger partial charge on any atom is 0.165 e. The van der Waals surface area contributed by atoms with E-state index in [1.54, 1.807) is 21.3 Å². The fourth-order valence-corrected chi connectivity index (χ4v) is 3.78. The molecule has 1 aliphatic heterocycles. The Kier molecular flexibility index (Phi) is 7.01. The van der Waals surface area contributed by atoms with Crippen molar-refractivity contribution < 1.29 is 18.9 Å². The predicted molar refractivity (Wildman–Crippen MR) is 110 cm³/mol. The monoisotopic (exact) mass is 386 g/mol. The minimum atomic E-state index is 0.0247. The molecule has 1 atom stereocenters. The summed E-state index contributed by atoms with van der Waals surface area (Å²) in [6.45, 7) is 6.37. The van der Waals surface area contributed by atoms with Crippen LogP contribution in [-0.2, 0) is 0 Å². The zero-order valence-electron chi connectivity index (χ0n) is 17.2. The molecular formula is C22H30N2O4. The number of piperazine rings is 1. The lowest BCUT2D eigenvalue weighted by atomic mass is 9.94. The molecule has 1 saturated heterocycles. The molecule has 2 aromatic carbocycles. The number of methoxy groups -OCH3 is 3. The lowest BCUT2D eigenvalue weighted by molar-refractivity contribution is 0.194. The first-order valence-corrected chi connectivity index (χ1v) is 9.69. The molecule has 1 fully saturated rings. The Morgan fingerprint density at radius 1 is 0.929 bits per heavy atom. The molecule has 0 saturated carbocycles. The summed E-state index contributed by atoms with van der Waals surface area (Å²) >= 11 is 0. The van der Waals surface area contributed by atoms with Gasteiger partial charge in [0.05, 0.1) is 34.0 Å². The summed E-state index contributed by atoms with van der Waals surface area (Å²) in [6, 6.07) is 12.2. The minimum Gasteiger partial charge on any atom is -0.493 e. The first-order chi connectivity index (χ1) is 13.7. The van der Waals surface area contributed by atoms with E-state index < -0.39 is 0 Å². The maximum absolute atomic E-state index is 5.76. The van der Waals surface area contributed by atoms with Gasteiger partial charge in [-0.05, 0) is 30.7 Å². The van der Waals surface area contributed by atoms with E-state index in [1.165, 1.54) is 0 Å². The third kappa shape index (κ3) is 4.18. The highest BCUT2D eigenvalue weighted by Crippen LogP contribution is 2.42. The molecule has 1 N–H and O–H groups in total. The topological polar surface area (TPSA) is 52.2 Å². The van der Waals surface area contributed by atoms with E-state index in [0.29, 0.717) is 6.61 Å². The summed E-state index contributed by atoms with van der Waals surface area (Å²) < 4.78 is 22.6. The van der Waals surface area contributed by atoms with Crippen molar-refractivity contribution in [2.45, 2.75) is 13.0 Å². The van der Waals surface area contributed by atoms with E-state index in [-0.39, 0.29) is 6.04 Å². The Morgan fingerprint density at radius 3 is 2.32 bits per heavy atom. The van der Waals surface area contributed by atoms with Gasteiger partial charge in [-0.3, -0.25) is 4.90 Å². The molecule has 0 aliphatic carbocycles. The highest BCUT2D eigenvalue weighted by molar-refractivity contribution is 5.53. The van der Waals surface area contributed by atoms with Crippen molar-refractivity contribution in [3.63, 3.8) is 0 Å². The Labute approximate surface area is 167 Å². The molecule has 28 heavy (non-hydrogen) atoms. The van der Waals surface area contributed by atoms with E-state index in [0.717, 1.165) is 60.3 Å². The standard InChI is InChI=1S/C22H30N2O4/c1-5-28-18-10-9-16(15-20(18)26-3)21(24-13-11-23-12-14-24)17-7-6-8-19(25-2)22(17)27-4/h6-10,15,21,23H,5,11-14H2,1-4H3. The summed E-state index contributed by atoms with van der Waals surface area (Å²) in [5.74, 6) is 2.99. The van der Waals surface area contributed by atoms with Crippen LogP contribution in [0.4, 0.5) is 0 Å². The Morgan fingerprint density at radius 2 is 1.68 bits per heavy atom. The SMILES string of the molecule is CCOc1ccc(C(c2cccc(OC)c2OC)N2CCNCC2)cc1OC. The number of nitrogens with zero attached hydrogens (tertiary/aromatic N) is 1. The van der Waals surface area contributed by atoms with Gasteiger partial charge in [0.2, 0.25) is 0 Å². The first-order valence-electron chi connectivity index (χ1n) is 9.69. The van der Waals surface area contributed by atoms with Gasteiger partial charge < -0.3 is 24.3 Å². The van der Waals surface area contributed by atoms with Crippen LogP contribution in [0.3, 0.4) is 0 Å². The number of hydrogen-bond donors (Lipinski definition) is 1. The molecular weight excluding hydrogens is 356 g/mol. The van der Waals surface area contributed by atoms with E-state index in [4.69, 9.17) is 18.9 Å². The van der Waals surface area contributed by atoms with Crippen LogP contribution < -0.4 is 24.3 Å². The molecule has 6 heteroatoms. The molecule has 0 amide bonds. The second kappa shape index (κ2) is 9.66. The molecule has 1 heterocycles. The van der Waals surface area contributed by atoms with Crippen LogP contribution >= 0.6 is 0 Å². The van der Waals surface area contributed by atoms with Gasteiger partial charge in [0.15, 0.2) is 23.0 Å². The second-order valence-electron chi connectivity index (χ2n) is 6.61. The normalized spacial score (nSPS) is 15.7. The predicted octanol–water partition coefficient (Wildman–Crippen LogP) is 3.11. The molecule has 0 spiro atoms. The van der Waals surface area contributed by atoms with Crippen LogP contribution in [0.15, 0.2) is 36.4 Å². The summed E-state index contributed by atoms with van der Waals surface area (Å²) in [7, 11) is 5.03. The minimum absolute atomic E-state index is 0.0247. The quantitative estimate of drug-likeness (QED) is 0.752. The summed E-state index contributed by atoms with van der Waals surface area (Å²) in [5.41, 5.74) is 2.21. The van der Waals surface area contributed by atoms with E-state index in [9.17, 15) is 0 Å². The van der Waals surface area contributed by atoms with Crippen LogP contribution in [-0.4, -0.2) is 59.0 Å². The molecule has 0 aromatic heterocycles. The lowest BCUT2D eigenvalue weighted by Gasteiger charge is -2.36. The second-order valence-corrected chi connectivity index (χ2v) is 6.61. The average Bonchev–Trinajstić information content (AvgIpc) is 2.75. The smallest absolute Gasteiger partial charge is 0.165 e. The van der Waals surface area contributed by atoms with E-state index in [1.807, 2.05) is 25.1 Å². The van der Waals surface area contributed by atoms with E-state index in [2.05, 4.69) is 28.4 Å². The highest BCUT2D eigenvalue weighted by Gasteiger charge is 2.28. The lowest BCUT2D eigenvalue weighted by Crippen LogP contribution is -2.45. The zero-order valence-corrected chi connectivity index (χ0v) is 17.2. The van der Waals surface area contributed by atoms with Gasteiger partial charge in [0, 0.05) is 31.7 Å². The van der Waals surface area contributed by atoms with Crippen LogP contribution in [0.5, 0.6) is 23.0 Å². The van der Waals surface area contributed by atoms with Crippen molar-refractivity contribution in [2.75, 3.05) is 54.1 Å². The summed E-state index contributed by atoms with van der Waals surface area (Å²) in [5, 5.41) is 3.43. The fourth-order valence-electron chi connectivity index (χ4n) is 3.78. The number of rotatable bonds is 8. The van der Waals surface area contributed by atoms with Gasteiger partial charge >= 0.3 is 0 Å². The Balaban J connectivity index is 2.11. The third-order valence-electron chi connectivity index (χ3n) is 5.05. The maximum atomic E-state index is 5.76. The molecule has 1 aliphatic rings. The highest BCUT2D eigenvalue weighted by atomic mass is 16.5. The van der Waals surface area contributed by atoms with E-state index >= 15 is 0 Å². The molecule has 3 rings (SSSR count). The molecule has 152 valence electrons. The Bertz CT molecular complexity index is 775. The summed E-state index contributed by atoms with van der Waals surface area (Å²) in [4.78, 5) is 2.46. The number of nitrogens with one attached hydrogen (secondary N) is 1. The van der Waals surface area contributed by atoms with Crippen molar-refractivity contribution in [3.05, 3.63) is 47.5 Å². The Hall–Kier alpha value is -2.44. The van der Waals surface area contributed by atoms with Crippen LogP contribution in [0.25, 0.3) is 0 Å². The number of para-hydroxylation sites is 1. The third-order valence-corrected chi connectivity index (χ3v) is 5.05.